The van der Waals surface area contributed by atoms with Crippen LogP contribution in [0.4, 0.5) is 10.1 Å². The summed E-state index contributed by atoms with van der Waals surface area (Å²) in [4.78, 5) is 0. The number of hydrogen-bond acceptors (Lipinski definition) is 2. The Labute approximate surface area is 119 Å². The minimum Gasteiger partial charge on any atom is -0.488 e. The van der Waals surface area contributed by atoms with E-state index in [0.717, 1.165) is 17.0 Å². The van der Waals surface area contributed by atoms with Crippen molar-refractivity contribution in [2.45, 2.75) is 32.9 Å². The lowest BCUT2D eigenvalue weighted by molar-refractivity contribution is 0.129. The van der Waals surface area contributed by atoms with Gasteiger partial charge in [0.15, 0.2) is 0 Å². The number of rotatable bonds is 4. The van der Waals surface area contributed by atoms with E-state index in [0.29, 0.717) is 6.54 Å². The van der Waals surface area contributed by atoms with Crippen LogP contribution in [0.3, 0.4) is 0 Å². The Morgan fingerprint density at radius 2 is 1.65 bits per heavy atom. The zero-order chi connectivity index (χ0) is 14.6. The van der Waals surface area contributed by atoms with Gasteiger partial charge >= 0.3 is 0 Å². The second-order valence-corrected chi connectivity index (χ2v) is 5.68. The lowest BCUT2D eigenvalue weighted by Crippen LogP contribution is -2.23. The van der Waals surface area contributed by atoms with Crippen LogP contribution in [0.2, 0.25) is 0 Å². The Morgan fingerprint density at radius 3 is 2.30 bits per heavy atom. The molecule has 0 bridgehead atoms. The zero-order valence-corrected chi connectivity index (χ0v) is 12.1. The van der Waals surface area contributed by atoms with Crippen molar-refractivity contribution in [3.63, 3.8) is 0 Å². The molecular formula is C17H20FNO. The van der Waals surface area contributed by atoms with Gasteiger partial charge in [-0.2, -0.15) is 0 Å². The second kappa shape index (κ2) is 5.95. The van der Waals surface area contributed by atoms with Crippen LogP contribution in [0.15, 0.2) is 48.5 Å². The predicted octanol–water partition coefficient (Wildman–Crippen LogP) is 4.62. The average Bonchev–Trinajstić information content (AvgIpc) is 2.38. The molecule has 0 amide bonds. The summed E-state index contributed by atoms with van der Waals surface area (Å²) in [5.41, 5.74) is 1.73. The normalized spacial score (nSPS) is 11.2. The minimum absolute atomic E-state index is 0.230. The van der Waals surface area contributed by atoms with Gasteiger partial charge in [-0.3, -0.25) is 0 Å². The van der Waals surface area contributed by atoms with E-state index in [-0.39, 0.29) is 11.4 Å². The molecule has 2 aromatic rings. The van der Waals surface area contributed by atoms with Gasteiger partial charge < -0.3 is 10.1 Å². The molecular weight excluding hydrogens is 253 g/mol. The summed E-state index contributed by atoms with van der Waals surface area (Å²) in [6.45, 7) is 6.71. The fourth-order valence-electron chi connectivity index (χ4n) is 1.84. The van der Waals surface area contributed by atoms with Gasteiger partial charge in [-0.05, 0) is 51.1 Å². The molecule has 2 aromatic carbocycles. The first-order valence-corrected chi connectivity index (χ1v) is 6.70. The van der Waals surface area contributed by atoms with Crippen molar-refractivity contribution in [2.24, 2.45) is 0 Å². The van der Waals surface area contributed by atoms with Crippen molar-refractivity contribution in [3.8, 4) is 5.75 Å². The van der Waals surface area contributed by atoms with Gasteiger partial charge in [-0.1, -0.05) is 18.2 Å². The molecule has 0 fully saturated rings. The highest BCUT2D eigenvalue weighted by Crippen LogP contribution is 2.24. The number of halogens is 1. The molecule has 0 saturated carbocycles. The van der Waals surface area contributed by atoms with Gasteiger partial charge in [0.05, 0.1) is 0 Å². The van der Waals surface area contributed by atoms with Crippen LogP contribution in [0.1, 0.15) is 26.3 Å². The molecule has 106 valence electrons. The molecule has 0 aliphatic rings. The molecule has 0 aromatic heterocycles. The van der Waals surface area contributed by atoms with E-state index in [9.17, 15) is 4.39 Å². The first kappa shape index (κ1) is 14.4. The van der Waals surface area contributed by atoms with Crippen LogP contribution in [-0.4, -0.2) is 5.60 Å². The summed E-state index contributed by atoms with van der Waals surface area (Å²) in [6, 6.07) is 14.3. The number of ether oxygens (including phenoxy) is 1. The Balaban J connectivity index is 2.07. The molecule has 0 saturated heterocycles. The largest absolute Gasteiger partial charge is 0.488 e. The average molecular weight is 273 g/mol. The third kappa shape index (κ3) is 4.26. The molecule has 0 heterocycles. The number of benzene rings is 2. The molecule has 20 heavy (non-hydrogen) atoms. The van der Waals surface area contributed by atoms with Crippen LogP contribution >= 0.6 is 0 Å². The van der Waals surface area contributed by atoms with Crippen molar-refractivity contribution in [1.29, 1.82) is 0 Å². The molecule has 1 N–H and O–H groups in total. The van der Waals surface area contributed by atoms with Gasteiger partial charge in [0, 0.05) is 17.8 Å². The van der Waals surface area contributed by atoms with E-state index < -0.39 is 0 Å². The third-order valence-corrected chi connectivity index (χ3v) is 2.72. The fourth-order valence-corrected chi connectivity index (χ4v) is 1.84. The topological polar surface area (TPSA) is 21.3 Å². The highest BCUT2D eigenvalue weighted by molar-refractivity contribution is 5.45. The Hall–Kier alpha value is -2.03. The van der Waals surface area contributed by atoms with Crippen molar-refractivity contribution in [3.05, 3.63) is 59.9 Å². The van der Waals surface area contributed by atoms with Crippen molar-refractivity contribution >= 4 is 5.69 Å². The standard InChI is InChI=1S/C17H20FNO/c1-17(2,3)20-16-7-5-4-6-13(16)12-19-15-10-8-14(18)9-11-15/h4-11,19H,12H2,1-3H3. The van der Waals surface area contributed by atoms with E-state index in [1.165, 1.54) is 12.1 Å². The molecule has 2 nitrogen and oxygen atoms in total. The number of nitrogens with one attached hydrogen (secondary N) is 1. The molecule has 0 aliphatic heterocycles. The van der Waals surface area contributed by atoms with Gasteiger partial charge in [0.1, 0.15) is 17.2 Å². The van der Waals surface area contributed by atoms with Crippen molar-refractivity contribution in [2.75, 3.05) is 5.32 Å². The minimum atomic E-state index is -0.230. The van der Waals surface area contributed by atoms with E-state index >= 15 is 0 Å². The van der Waals surface area contributed by atoms with Crippen molar-refractivity contribution < 1.29 is 9.13 Å². The smallest absolute Gasteiger partial charge is 0.125 e. The molecule has 0 aliphatic carbocycles. The van der Waals surface area contributed by atoms with Gasteiger partial charge in [-0.15, -0.1) is 0 Å². The molecule has 0 unspecified atom stereocenters. The summed E-state index contributed by atoms with van der Waals surface area (Å²) in [7, 11) is 0. The maximum Gasteiger partial charge on any atom is 0.125 e. The predicted molar refractivity (Wildman–Crippen MR) is 80.5 cm³/mol. The molecule has 2 rings (SSSR count). The van der Waals surface area contributed by atoms with Crippen molar-refractivity contribution in [1.82, 2.24) is 0 Å². The van der Waals surface area contributed by atoms with Crippen LogP contribution in [0, 0.1) is 5.82 Å². The Morgan fingerprint density at radius 1 is 1.00 bits per heavy atom. The van der Waals surface area contributed by atoms with E-state index in [1.807, 2.05) is 45.0 Å². The molecule has 3 heteroatoms. The zero-order valence-electron chi connectivity index (χ0n) is 12.1. The quantitative estimate of drug-likeness (QED) is 0.878. The molecule has 0 radical (unpaired) electrons. The summed E-state index contributed by atoms with van der Waals surface area (Å²) < 4.78 is 18.8. The second-order valence-electron chi connectivity index (χ2n) is 5.68. The highest BCUT2D eigenvalue weighted by atomic mass is 19.1. The van der Waals surface area contributed by atoms with Crippen LogP contribution in [0.5, 0.6) is 5.75 Å². The summed E-state index contributed by atoms with van der Waals surface area (Å²) >= 11 is 0. The third-order valence-electron chi connectivity index (χ3n) is 2.72. The first-order chi connectivity index (χ1) is 9.44. The lowest BCUT2D eigenvalue weighted by atomic mass is 10.1. The van der Waals surface area contributed by atoms with Gasteiger partial charge in [0.25, 0.3) is 0 Å². The monoisotopic (exact) mass is 273 g/mol. The first-order valence-electron chi connectivity index (χ1n) is 6.70. The van der Waals surface area contributed by atoms with Crippen LogP contribution < -0.4 is 10.1 Å². The van der Waals surface area contributed by atoms with E-state index in [4.69, 9.17) is 4.74 Å². The summed E-state index contributed by atoms with van der Waals surface area (Å²) in [5.74, 6) is 0.640. The van der Waals surface area contributed by atoms with Gasteiger partial charge in [-0.25, -0.2) is 4.39 Å². The number of hydrogen-bond donors (Lipinski definition) is 1. The van der Waals surface area contributed by atoms with E-state index in [2.05, 4.69) is 5.32 Å². The Bertz CT molecular complexity index is 558. The van der Waals surface area contributed by atoms with Crippen LogP contribution in [0.25, 0.3) is 0 Å². The van der Waals surface area contributed by atoms with Crippen LogP contribution in [-0.2, 0) is 6.54 Å². The van der Waals surface area contributed by atoms with Gasteiger partial charge in [0.2, 0.25) is 0 Å². The number of para-hydroxylation sites is 1. The summed E-state index contributed by atoms with van der Waals surface area (Å²) in [6.07, 6.45) is 0. The molecule has 0 spiro atoms. The molecule has 0 atom stereocenters. The maximum absolute atomic E-state index is 12.9. The fraction of sp³-hybridized carbons (Fsp3) is 0.294. The highest BCUT2D eigenvalue weighted by Gasteiger charge is 2.14. The SMILES string of the molecule is CC(C)(C)Oc1ccccc1CNc1ccc(F)cc1. The summed E-state index contributed by atoms with van der Waals surface area (Å²) in [5, 5.41) is 3.27. The Kier molecular flexibility index (Phi) is 4.28. The lowest BCUT2D eigenvalue weighted by Gasteiger charge is -2.23. The maximum atomic E-state index is 12.9. The van der Waals surface area contributed by atoms with E-state index in [1.54, 1.807) is 12.1 Å². The number of anilines is 1.